The van der Waals surface area contributed by atoms with Gasteiger partial charge >= 0.3 is 0 Å². The molecular formula is C12H22N4O. The maximum Gasteiger partial charge on any atom is 0.159 e. The Hall–Kier alpha value is -0.940. The fourth-order valence-corrected chi connectivity index (χ4v) is 2.06. The molecule has 0 radical (unpaired) electrons. The molecule has 1 aromatic rings. The Bertz CT molecular complexity index is 348. The van der Waals surface area contributed by atoms with Gasteiger partial charge in [-0.15, -0.1) is 10.2 Å². The van der Waals surface area contributed by atoms with Crippen LogP contribution in [0.3, 0.4) is 0 Å². The number of ether oxygens (including phenoxy) is 1. The lowest BCUT2D eigenvalue weighted by Crippen LogP contribution is -2.26. The molecule has 1 aliphatic heterocycles. The van der Waals surface area contributed by atoms with E-state index in [-0.39, 0.29) is 0 Å². The molecule has 17 heavy (non-hydrogen) atoms. The number of aryl methyl sites for hydroxylation is 1. The first-order chi connectivity index (χ1) is 8.27. The smallest absolute Gasteiger partial charge is 0.159 e. The normalized spacial score (nSPS) is 15.2. The van der Waals surface area contributed by atoms with E-state index < -0.39 is 0 Å². The van der Waals surface area contributed by atoms with Crippen molar-refractivity contribution in [1.82, 2.24) is 20.1 Å². The fourth-order valence-electron chi connectivity index (χ4n) is 2.06. The molecular weight excluding hydrogens is 216 g/mol. The molecule has 1 aliphatic rings. The second-order valence-corrected chi connectivity index (χ2v) is 4.80. The summed E-state index contributed by atoms with van der Waals surface area (Å²) in [5.74, 6) is 2.10. The number of nitrogens with zero attached hydrogens (tertiary/aromatic N) is 3. The molecule has 0 bridgehead atoms. The van der Waals surface area contributed by atoms with Crippen LogP contribution in [-0.2, 0) is 24.3 Å². The molecule has 2 heterocycles. The zero-order valence-corrected chi connectivity index (χ0v) is 10.8. The Morgan fingerprint density at radius 2 is 2.24 bits per heavy atom. The quantitative estimate of drug-likeness (QED) is 0.755. The van der Waals surface area contributed by atoms with Gasteiger partial charge in [0.1, 0.15) is 12.4 Å². The Balaban J connectivity index is 1.74. The van der Waals surface area contributed by atoms with Gasteiger partial charge in [0, 0.05) is 25.6 Å². The van der Waals surface area contributed by atoms with Gasteiger partial charge in [0.2, 0.25) is 0 Å². The highest BCUT2D eigenvalue weighted by Crippen LogP contribution is 2.14. The zero-order chi connectivity index (χ0) is 12.1. The molecule has 2 rings (SSSR count). The summed E-state index contributed by atoms with van der Waals surface area (Å²) in [7, 11) is 0. The minimum atomic E-state index is 0.513. The van der Waals surface area contributed by atoms with Gasteiger partial charge in [0.15, 0.2) is 5.82 Å². The number of aromatic nitrogens is 3. The van der Waals surface area contributed by atoms with Gasteiger partial charge in [-0.1, -0.05) is 13.8 Å². The molecule has 96 valence electrons. The lowest BCUT2D eigenvalue weighted by molar-refractivity contribution is 0.113. The first kappa shape index (κ1) is 12.5. The van der Waals surface area contributed by atoms with Crippen molar-refractivity contribution < 1.29 is 4.74 Å². The van der Waals surface area contributed by atoms with Crippen molar-refractivity contribution in [3.63, 3.8) is 0 Å². The highest BCUT2D eigenvalue weighted by Gasteiger charge is 2.15. The van der Waals surface area contributed by atoms with Crippen LogP contribution in [-0.4, -0.2) is 34.0 Å². The van der Waals surface area contributed by atoms with Gasteiger partial charge in [-0.2, -0.15) is 0 Å². The van der Waals surface area contributed by atoms with Crippen molar-refractivity contribution in [3.05, 3.63) is 11.6 Å². The van der Waals surface area contributed by atoms with Crippen LogP contribution in [0.15, 0.2) is 0 Å². The van der Waals surface area contributed by atoms with E-state index in [0.29, 0.717) is 12.6 Å². The van der Waals surface area contributed by atoms with Crippen LogP contribution in [0.4, 0.5) is 0 Å². The van der Waals surface area contributed by atoms with E-state index in [1.807, 2.05) is 0 Å². The summed E-state index contributed by atoms with van der Waals surface area (Å²) in [6, 6.07) is 0.513. The molecule has 5 heteroatoms. The van der Waals surface area contributed by atoms with Gasteiger partial charge in [0.25, 0.3) is 0 Å². The number of fused-ring (bicyclic) bond motifs is 1. The molecule has 0 amide bonds. The largest absolute Gasteiger partial charge is 0.372 e. The van der Waals surface area contributed by atoms with Crippen LogP contribution in [0, 0.1) is 0 Å². The molecule has 0 saturated heterocycles. The molecule has 0 aliphatic carbocycles. The first-order valence-corrected chi connectivity index (χ1v) is 6.49. The van der Waals surface area contributed by atoms with E-state index in [9.17, 15) is 0 Å². The maximum absolute atomic E-state index is 5.61. The van der Waals surface area contributed by atoms with Crippen LogP contribution in [0.1, 0.15) is 38.3 Å². The Labute approximate surface area is 103 Å². The van der Waals surface area contributed by atoms with Gasteiger partial charge in [-0.3, -0.25) is 0 Å². The first-order valence-electron chi connectivity index (χ1n) is 6.49. The summed E-state index contributed by atoms with van der Waals surface area (Å²) >= 11 is 0. The standard InChI is InChI=1S/C12H22N4O/c1-10(2)13-6-8-17-9-12-15-14-11-5-3-4-7-16(11)12/h10,13H,3-9H2,1-2H3. The predicted octanol–water partition coefficient (Wildman–Crippen LogP) is 1.13. The minimum Gasteiger partial charge on any atom is -0.372 e. The Morgan fingerprint density at radius 1 is 1.35 bits per heavy atom. The second kappa shape index (κ2) is 6.12. The van der Waals surface area contributed by atoms with Crippen molar-refractivity contribution in [3.8, 4) is 0 Å². The van der Waals surface area contributed by atoms with E-state index >= 15 is 0 Å². The fraction of sp³-hybridized carbons (Fsp3) is 0.833. The number of hydrogen-bond acceptors (Lipinski definition) is 4. The highest BCUT2D eigenvalue weighted by molar-refractivity contribution is 4.97. The van der Waals surface area contributed by atoms with Crippen LogP contribution in [0.5, 0.6) is 0 Å². The summed E-state index contributed by atoms with van der Waals surface area (Å²) in [4.78, 5) is 0. The van der Waals surface area contributed by atoms with Crippen molar-refractivity contribution in [2.75, 3.05) is 13.2 Å². The third kappa shape index (κ3) is 3.51. The van der Waals surface area contributed by atoms with Crippen LogP contribution >= 0.6 is 0 Å². The Morgan fingerprint density at radius 3 is 3.06 bits per heavy atom. The average molecular weight is 238 g/mol. The minimum absolute atomic E-state index is 0.513. The SMILES string of the molecule is CC(C)NCCOCc1nnc2n1CCCC2. The molecule has 0 spiro atoms. The highest BCUT2D eigenvalue weighted by atomic mass is 16.5. The van der Waals surface area contributed by atoms with Crippen molar-refractivity contribution >= 4 is 0 Å². The van der Waals surface area contributed by atoms with Gasteiger partial charge in [-0.05, 0) is 12.8 Å². The molecule has 0 saturated carbocycles. The molecule has 1 N–H and O–H groups in total. The lowest BCUT2D eigenvalue weighted by Gasteiger charge is -2.14. The third-order valence-electron chi connectivity index (χ3n) is 2.97. The molecule has 1 aromatic heterocycles. The van der Waals surface area contributed by atoms with E-state index in [2.05, 4.69) is 33.9 Å². The van der Waals surface area contributed by atoms with Gasteiger partial charge < -0.3 is 14.6 Å². The zero-order valence-electron chi connectivity index (χ0n) is 10.8. The molecule has 0 aromatic carbocycles. The molecule has 0 fully saturated rings. The van der Waals surface area contributed by atoms with Crippen molar-refractivity contribution in [2.24, 2.45) is 0 Å². The number of hydrogen-bond donors (Lipinski definition) is 1. The monoisotopic (exact) mass is 238 g/mol. The van der Waals surface area contributed by atoms with Crippen LogP contribution in [0.25, 0.3) is 0 Å². The van der Waals surface area contributed by atoms with E-state index in [1.165, 1.54) is 12.8 Å². The Kier molecular flexibility index (Phi) is 4.50. The van der Waals surface area contributed by atoms with Crippen LogP contribution in [0.2, 0.25) is 0 Å². The summed E-state index contributed by atoms with van der Waals surface area (Å²) < 4.78 is 7.82. The summed E-state index contributed by atoms with van der Waals surface area (Å²) in [6.45, 7) is 7.50. The van der Waals surface area contributed by atoms with Crippen molar-refractivity contribution in [2.45, 2.75) is 52.3 Å². The second-order valence-electron chi connectivity index (χ2n) is 4.80. The summed E-state index contributed by atoms with van der Waals surface area (Å²) in [5.41, 5.74) is 0. The van der Waals surface area contributed by atoms with Crippen molar-refractivity contribution in [1.29, 1.82) is 0 Å². The lowest BCUT2D eigenvalue weighted by atomic mass is 10.2. The third-order valence-corrected chi connectivity index (χ3v) is 2.97. The van der Waals surface area contributed by atoms with Gasteiger partial charge in [0.05, 0.1) is 6.61 Å². The van der Waals surface area contributed by atoms with E-state index in [4.69, 9.17) is 4.74 Å². The van der Waals surface area contributed by atoms with Gasteiger partial charge in [-0.25, -0.2) is 0 Å². The van der Waals surface area contributed by atoms with E-state index in [0.717, 1.165) is 37.8 Å². The number of nitrogens with one attached hydrogen (secondary N) is 1. The average Bonchev–Trinajstić information content (AvgIpc) is 2.72. The summed E-state index contributed by atoms with van der Waals surface area (Å²) in [5, 5.41) is 11.7. The molecule has 5 nitrogen and oxygen atoms in total. The van der Waals surface area contributed by atoms with Crippen LogP contribution < -0.4 is 5.32 Å². The van der Waals surface area contributed by atoms with E-state index in [1.54, 1.807) is 0 Å². The number of rotatable bonds is 6. The summed E-state index contributed by atoms with van der Waals surface area (Å²) in [6.07, 6.45) is 3.52. The topological polar surface area (TPSA) is 52.0 Å². The predicted molar refractivity (Wildman–Crippen MR) is 65.8 cm³/mol. The molecule has 0 atom stereocenters. The maximum atomic E-state index is 5.61. The molecule has 0 unspecified atom stereocenters.